The number of nitrogens with one attached hydrogen (secondary N) is 2. The van der Waals surface area contributed by atoms with E-state index in [2.05, 4.69) is 10.3 Å². The van der Waals surface area contributed by atoms with E-state index in [-0.39, 0.29) is 0 Å². The predicted molar refractivity (Wildman–Crippen MR) is 92.8 cm³/mol. The Hall–Kier alpha value is -3.41. The molecule has 1 aromatic heterocycles. The molecule has 1 amide bonds. The van der Waals surface area contributed by atoms with Crippen LogP contribution in [0.25, 0.3) is 11.6 Å². The van der Waals surface area contributed by atoms with Crippen LogP contribution in [0.4, 0.5) is 5.69 Å². The van der Waals surface area contributed by atoms with Gasteiger partial charge in [-0.15, -0.1) is 0 Å². The summed E-state index contributed by atoms with van der Waals surface area (Å²) in [4.78, 5) is 15.1. The first-order valence-corrected chi connectivity index (χ1v) is 6.85. The van der Waals surface area contributed by atoms with Crippen molar-refractivity contribution in [3.05, 3.63) is 71.8 Å². The molecule has 2 rings (SSSR count). The highest BCUT2D eigenvalue weighted by Crippen LogP contribution is 2.17. The zero-order chi connectivity index (χ0) is 16.7. The van der Waals surface area contributed by atoms with Crippen LogP contribution in [0.1, 0.15) is 21.5 Å². The maximum atomic E-state index is 11.0. The number of primary amides is 1. The summed E-state index contributed by atoms with van der Waals surface area (Å²) in [5.41, 5.74) is 14.3. The van der Waals surface area contributed by atoms with Crippen molar-refractivity contribution >= 4 is 29.5 Å². The normalized spacial score (nSPS) is 11.4. The van der Waals surface area contributed by atoms with Crippen molar-refractivity contribution in [2.45, 2.75) is 0 Å². The molecule has 0 saturated heterocycles. The van der Waals surface area contributed by atoms with E-state index in [0.29, 0.717) is 11.1 Å². The topological polar surface area (TPSA) is 118 Å². The summed E-state index contributed by atoms with van der Waals surface area (Å²) in [6.45, 7) is 0. The minimum Gasteiger partial charge on any atom is -0.404 e. The largest absolute Gasteiger partial charge is 0.404 e. The van der Waals surface area contributed by atoms with Gasteiger partial charge in [0.2, 0.25) is 5.91 Å². The van der Waals surface area contributed by atoms with Crippen LogP contribution in [0.15, 0.2) is 55.1 Å². The molecule has 0 bridgehead atoms. The zero-order valence-electron chi connectivity index (χ0n) is 12.4. The first kappa shape index (κ1) is 16.0. The Kier molecular flexibility index (Phi) is 5.25. The molecule has 0 aliphatic carbocycles. The van der Waals surface area contributed by atoms with Gasteiger partial charge in [0.05, 0.1) is 0 Å². The van der Waals surface area contributed by atoms with Crippen LogP contribution >= 0.6 is 0 Å². The molecule has 6 N–H and O–H groups in total. The number of nitrogens with two attached hydrogens (primary N) is 2. The lowest BCUT2D eigenvalue weighted by Crippen LogP contribution is -2.10. The van der Waals surface area contributed by atoms with E-state index in [9.17, 15) is 4.79 Å². The van der Waals surface area contributed by atoms with Gasteiger partial charge in [-0.05, 0) is 42.0 Å². The molecule has 116 valence electrons. The van der Waals surface area contributed by atoms with Crippen LogP contribution in [-0.2, 0) is 0 Å². The van der Waals surface area contributed by atoms with Gasteiger partial charge in [0.15, 0.2) is 0 Å². The fraction of sp³-hybridized carbons (Fsp3) is 0. The molecule has 6 nitrogen and oxygen atoms in total. The molecular weight excluding hydrogens is 290 g/mol. The average Bonchev–Trinajstić information content (AvgIpc) is 2.58. The molecule has 0 fully saturated rings. The number of allylic oxidation sites excluding steroid dienone is 1. The van der Waals surface area contributed by atoms with Gasteiger partial charge in [-0.25, -0.2) is 0 Å². The van der Waals surface area contributed by atoms with Gasteiger partial charge in [0.1, 0.15) is 0 Å². The fourth-order valence-corrected chi connectivity index (χ4v) is 1.98. The van der Waals surface area contributed by atoms with Crippen molar-refractivity contribution in [1.82, 2.24) is 4.98 Å². The number of amides is 1. The molecule has 0 radical (unpaired) electrons. The summed E-state index contributed by atoms with van der Waals surface area (Å²) in [7, 11) is 0. The molecule has 0 aliphatic rings. The lowest BCUT2D eigenvalue weighted by molar-refractivity contribution is 0.100. The maximum Gasteiger partial charge on any atom is 0.248 e. The van der Waals surface area contributed by atoms with Crippen LogP contribution in [0.5, 0.6) is 0 Å². The lowest BCUT2D eigenvalue weighted by atomic mass is 10.0. The number of nitrogens with zero attached hydrogens (tertiary/aromatic N) is 1. The number of pyridine rings is 1. The number of hydrogen-bond donors (Lipinski definition) is 4. The molecule has 0 spiro atoms. The molecule has 23 heavy (non-hydrogen) atoms. The summed E-state index contributed by atoms with van der Waals surface area (Å²) in [6.07, 6.45) is 9.50. The Balaban J connectivity index is 2.15. The Morgan fingerprint density at radius 3 is 2.57 bits per heavy atom. The molecule has 1 aromatic carbocycles. The van der Waals surface area contributed by atoms with Crippen molar-refractivity contribution in [1.29, 1.82) is 5.41 Å². The van der Waals surface area contributed by atoms with Gasteiger partial charge < -0.3 is 22.2 Å². The van der Waals surface area contributed by atoms with Crippen molar-refractivity contribution in [2.75, 3.05) is 5.32 Å². The van der Waals surface area contributed by atoms with E-state index in [1.165, 1.54) is 12.4 Å². The molecule has 0 atom stereocenters. The second kappa shape index (κ2) is 7.56. The van der Waals surface area contributed by atoms with E-state index in [4.69, 9.17) is 16.9 Å². The van der Waals surface area contributed by atoms with Crippen LogP contribution in [0, 0.1) is 5.41 Å². The standard InChI is InChI=1S/C17H17N5O/c18-9-14(10-19)16-6-7-21-11-13(16)5-8-22-15-3-1-12(2-4-15)17(20)23/h1-11,18,22H,19H2,(H2,20,23)/b8-5+,14-10+,18-9?. The summed E-state index contributed by atoms with van der Waals surface area (Å²) < 4.78 is 0. The number of benzene rings is 1. The van der Waals surface area contributed by atoms with E-state index < -0.39 is 5.91 Å². The number of carbonyl (C=O) groups is 1. The third-order valence-corrected chi connectivity index (χ3v) is 3.18. The van der Waals surface area contributed by atoms with Gasteiger partial charge in [-0.1, -0.05) is 0 Å². The second-order valence-corrected chi connectivity index (χ2v) is 4.65. The Labute approximate surface area is 134 Å². The molecule has 0 unspecified atom stereocenters. The quantitative estimate of drug-likeness (QED) is 0.612. The van der Waals surface area contributed by atoms with Gasteiger partial charge in [0.25, 0.3) is 0 Å². The van der Waals surface area contributed by atoms with Crippen LogP contribution < -0.4 is 16.8 Å². The number of rotatable bonds is 6. The summed E-state index contributed by atoms with van der Waals surface area (Å²) in [5, 5.41) is 10.5. The molecular formula is C17H17N5O. The summed E-state index contributed by atoms with van der Waals surface area (Å²) in [5.74, 6) is -0.458. The van der Waals surface area contributed by atoms with E-state index in [1.54, 1.807) is 48.9 Å². The highest BCUT2D eigenvalue weighted by atomic mass is 16.1. The van der Waals surface area contributed by atoms with Crippen molar-refractivity contribution in [3.8, 4) is 0 Å². The average molecular weight is 307 g/mol. The molecule has 2 aromatic rings. The zero-order valence-corrected chi connectivity index (χ0v) is 12.4. The number of anilines is 1. The highest BCUT2D eigenvalue weighted by Gasteiger charge is 2.03. The predicted octanol–water partition coefficient (Wildman–Crippen LogP) is 2.21. The van der Waals surface area contributed by atoms with Crippen LogP contribution in [0.2, 0.25) is 0 Å². The first-order valence-electron chi connectivity index (χ1n) is 6.85. The smallest absolute Gasteiger partial charge is 0.248 e. The third kappa shape index (κ3) is 4.04. The van der Waals surface area contributed by atoms with Gasteiger partial charge in [-0.2, -0.15) is 0 Å². The van der Waals surface area contributed by atoms with Crippen LogP contribution in [0.3, 0.4) is 0 Å². The minimum atomic E-state index is -0.458. The van der Waals surface area contributed by atoms with E-state index in [0.717, 1.165) is 16.8 Å². The minimum absolute atomic E-state index is 0.456. The summed E-state index contributed by atoms with van der Waals surface area (Å²) >= 11 is 0. The Morgan fingerprint density at radius 2 is 1.96 bits per heavy atom. The second-order valence-electron chi connectivity index (χ2n) is 4.65. The van der Waals surface area contributed by atoms with Crippen LogP contribution in [-0.4, -0.2) is 17.1 Å². The molecule has 6 heteroatoms. The van der Waals surface area contributed by atoms with E-state index >= 15 is 0 Å². The Bertz CT molecular complexity index is 763. The number of aromatic nitrogens is 1. The monoisotopic (exact) mass is 307 g/mol. The SMILES string of the molecule is N=C/C(=C\N)c1ccncc1/C=C/Nc1ccc(C(N)=O)cc1. The van der Waals surface area contributed by atoms with E-state index in [1.807, 2.05) is 6.08 Å². The molecule has 0 aliphatic heterocycles. The number of hydrogen-bond acceptors (Lipinski definition) is 5. The third-order valence-electron chi connectivity index (χ3n) is 3.18. The van der Waals surface area contributed by atoms with Gasteiger partial charge in [0, 0.05) is 53.4 Å². The first-order chi connectivity index (χ1) is 11.2. The van der Waals surface area contributed by atoms with Crippen molar-refractivity contribution in [2.24, 2.45) is 11.5 Å². The Morgan fingerprint density at radius 1 is 1.22 bits per heavy atom. The van der Waals surface area contributed by atoms with Gasteiger partial charge >= 0.3 is 0 Å². The van der Waals surface area contributed by atoms with Crippen molar-refractivity contribution in [3.63, 3.8) is 0 Å². The molecule has 0 saturated carbocycles. The van der Waals surface area contributed by atoms with Crippen molar-refractivity contribution < 1.29 is 4.79 Å². The lowest BCUT2D eigenvalue weighted by Gasteiger charge is -2.06. The summed E-state index contributed by atoms with van der Waals surface area (Å²) in [6, 6.07) is 8.62. The van der Waals surface area contributed by atoms with Gasteiger partial charge in [-0.3, -0.25) is 9.78 Å². The highest BCUT2D eigenvalue weighted by molar-refractivity contribution is 6.09. The molecule has 1 heterocycles. The number of carbonyl (C=O) groups excluding carboxylic acids is 1. The fourth-order valence-electron chi connectivity index (χ4n) is 1.98. The maximum absolute atomic E-state index is 11.0.